The first-order valence-corrected chi connectivity index (χ1v) is 8.32. The molecular weight excluding hydrogens is 300 g/mol. The molecule has 0 bridgehead atoms. The van der Waals surface area contributed by atoms with Crippen molar-refractivity contribution in [2.75, 3.05) is 11.1 Å². The second-order valence-electron chi connectivity index (χ2n) is 4.04. The number of carbonyl (C=O) groups is 1. The molecule has 1 amide bonds. The van der Waals surface area contributed by atoms with E-state index in [-0.39, 0.29) is 5.91 Å². The van der Waals surface area contributed by atoms with E-state index in [0.29, 0.717) is 5.75 Å². The zero-order valence-electron chi connectivity index (χ0n) is 10.9. The lowest BCUT2D eigenvalue weighted by molar-refractivity contribution is -0.113. The Balaban J connectivity index is 1.81. The van der Waals surface area contributed by atoms with Crippen LogP contribution in [-0.2, 0) is 10.5 Å². The van der Waals surface area contributed by atoms with Crippen molar-refractivity contribution in [1.82, 2.24) is 13.1 Å². The fraction of sp³-hybridized carbons (Fsp3) is 0.455. The number of nitrogens with zero attached hydrogens (tertiary/aromatic N) is 3. The van der Waals surface area contributed by atoms with E-state index in [1.807, 2.05) is 20.8 Å². The van der Waals surface area contributed by atoms with Gasteiger partial charge in [-0.2, -0.15) is 13.1 Å². The number of carbonyl (C=O) groups excluding carboxylic acids is 1. The molecule has 5 nitrogen and oxygen atoms in total. The summed E-state index contributed by atoms with van der Waals surface area (Å²) in [6.07, 6.45) is 0. The molecule has 0 unspecified atom stereocenters. The second kappa shape index (κ2) is 6.44. The van der Waals surface area contributed by atoms with Gasteiger partial charge < -0.3 is 5.32 Å². The van der Waals surface area contributed by atoms with Crippen LogP contribution < -0.4 is 5.32 Å². The normalized spacial score (nSPS) is 10.7. The van der Waals surface area contributed by atoms with Crippen LogP contribution in [0.4, 0.5) is 5.69 Å². The van der Waals surface area contributed by atoms with Crippen LogP contribution in [-0.4, -0.2) is 24.8 Å². The van der Waals surface area contributed by atoms with E-state index in [1.165, 1.54) is 23.3 Å². The zero-order chi connectivity index (χ0) is 13.8. The molecular formula is C11H14N4OS3. The van der Waals surface area contributed by atoms with Gasteiger partial charge in [-0.05, 0) is 32.3 Å². The van der Waals surface area contributed by atoms with Crippen molar-refractivity contribution in [2.24, 2.45) is 0 Å². The van der Waals surface area contributed by atoms with Crippen molar-refractivity contribution in [3.63, 3.8) is 0 Å². The average Bonchev–Trinajstić information content (AvgIpc) is 2.90. The van der Waals surface area contributed by atoms with Crippen LogP contribution in [0.5, 0.6) is 0 Å². The van der Waals surface area contributed by atoms with Crippen molar-refractivity contribution in [3.8, 4) is 0 Å². The zero-order valence-corrected chi connectivity index (χ0v) is 13.3. The van der Waals surface area contributed by atoms with Crippen LogP contribution >= 0.6 is 35.0 Å². The summed E-state index contributed by atoms with van der Waals surface area (Å²) in [7, 11) is 0. The Bertz CT molecular complexity index is 559. The second-order valence-corrected chi connectivity index (χ2v) is 6.53. The Hall–Kier alpha value is -0.990. The van der Waals surface area contributed by atoms with Gasteiger partial charge in [-0.1, -0.05) is 0 Å². The monoisotopic (exact) mass is 314 g/mol. The van der Waals surface area contributed by atoms with E-state index in [9.17, 15) is 4.79 Å². The van der Waals surface area contributed by atoms with Gasteiger partial charge in [0.05, 0.1) is 40.3 Å². The van der Waals surface area contributed by atoms with Crippen LogP contribution in [0.15, 0.2) is 0 Å². The van der Waals surface area contributed by atoms with Gasteiger partial charge in [-0.15, -0.1) is 11.8 Å². The van der Waals surface area contributed by atoms with E-state index < -0.39 is 0 Å². The number of hydrogen-bond acceptors (Lipinski definition) is 7. The summed E-state index contributed by atoms with van der Waals surface area (Å²) in [5.74, 6) is 1.12. The molecule has 0 aromatic carbocycles. The number of aromatic nitrogens is 3. The summed E-state index contributed by atoms with van der Waals surface area (Å²) in [4.78, 5) is 12.9. The highest BCUT2D eigenvalue weighted by molar-refractivity contribution is 7.99. The van der Waals surface area contributed by atoms with Crippen LogP contribution in [0.2, 0.25) is 0 Å². The minimum absolute atomic E-state index is 0.00255. The summed E-state index contributed by atoms with van der Waals surface area (Å²) >= 11 is 4.16. The summed E-state index contributed by atoms with van der Waals surface area (Å²) in [5.41, 5.74) is 3.64. The Labute approximate surface area is 124 Å². The van der Waals surface area contributed by atoms with Gasteiger partial charge in [0.25, 0.3) is 0 Å². The maximum absolute atomic E-state index is 11.8. The molecule has 0 saturated heterocycles. The Kier molecular flexibility index (Phi) is 4.89. The summed E-state index contributed by atoms with van der Waals surface area (Å²) in [6, 6.07) is 0. The van der Waals surface area contributed by atoms with Crippen molar-refractivity contribution in [3.05, 3.63) is 22.0 Å². The van der Waals surface area contributed by atoms with Crippen molar-refractivity contribution < 1.29 is 4.79 Å². The highest BCUT2D eigenvalue weighted by Crippen LogP contribution is 2.23. The summed E-state index contributed by atoms with van der Waals surface area (Å²) in [5, 5.41) is 2.91. The number of anilines is 1. The van der Waals surface area contributed by atoms with Gasteiger partial charge in [0.2, 0.25) is 5.91 Å². The average molecular weight is 314 g/mol. The molecule has 0 aliphatic heterocycles. The predicted molar refractivity (Wildman–Crippen MR) is 81.0 cm³/mol. The lowest BCUT2D eigenvalue weighted by Crippen LogP contribution is -2.15. The number of rotatable bonds is 5. The lowest BCUT2D eigenvalue weighted by Gasteiger charge is -2.04. The summed E-state index contributed by atoms with van der Waals surface area (Å²) < 4.78 is 12.5. The third kappa shape index (κ3) is 3.74. The molecule has 19 heavy (non-hydrogen) atoms. The fourth-order valence-electron chi connectivity index (χ4n) is 1.46. The molecule has 102 valence electrons. The molecule has 2 heterocycles. The summed E-state index contributed by atoms with van der Waals surface area (Å²) in [6.45, 7) is 5.79. The molecule has 2 aromatic rings. The SMILES string of the molecule is Cc1nsnc1CSCC(=O)Nc1c(C)nsc1C. The van der Waals surface area contributed by atoms with E-state index in [1.54, 1.807) is 11.8 Å². The lowest BCUT2D eigenvalue weighted by atomic mass is 10.3. The maximum atomic E-state index is 11.8. The molecule has 0 fully saturated rings. The third-order valence-corrected chi connectivity index (χ3v) is 4.96. The van der Waals surface area contributed by atoms with Gasteiger partial charge in [-0.3, -0.25) is 4.79 Å². The third-order valence-electron chi connectivity index (χ3n) is 2.52. The van der Waals surface area contributed by atoms with E-state index in [2.05, 4.69) is 18.4 Å². The minimum Gasteiger partial charge on any atom is -0.323 e. The van der Waals surface area contributed by atoms with E-state index >= 15 is 0 Å². The van der Waals surface area contributed by atoms with Crippen LogP contribution in [0.25, 0.3) is 0 Å². The molecule has 1 N–H and O–H groups in total. The van der Waals surface area contributed by atoms with Gasteiger partial charge in [0.15, 0.2) is 0 Å². The topological polar surface area (TPSA) is 67.8 Å². The van der Waals surface area contributed by atoms with Crippen LogP contribution in [0, 0.1) is 20.8 Å². The van der Waals surface area contributed by atoms with Crippen molar-refractivity contribution >= 4 is 46.6 Å². The molecule has 0 atom stereocenters. The van der Waals surface area contributed by atoms with Gasteiger partial charge in [0, 0.05) is 10.6 Å². The molecule has 0 saturated carbocycles. The van der Waals surface area contributed by atoms with Crippen molar-refractivity contribution in [2.45, 2.75) is 26.5 Å². The number of thioether (sulfide) groups is 1. The largest absolute Gasteiger partial charge is 0.323 e. The Morgan fingerprint density at radius 3 is 2.58 bits per heavy atom. The highest BCUT2D eigenvalue weighted by atomic mass is 32.2. The number of nitrogens with one attached hydrogen (secondary N) is 1. The molecule has 0 aliphatic carbocycles. The first kappa shape index (κ1) is 14.4. The highest BCUT2D eigenvalue weighted by Gasteiger charge is 2.11. The van der Waals surface area contributed by atoms with Gasteiger partial charge in [0.1, 0.15) is 0 Å². The molecule has 2 aromatic heterocycles. The standard InChI is InChI=1S/C11H14N4OS3/c1-6-9(15-19-14-6)4-17-5-10(16)12-11-7(2)13-18-8(11)3/h4-5H2,1-3H3,(H,12,16). The Morgan fingerprint density at radius 2 is 2.00 bits per heavy atom. The maximum Gasteiger partial charge on any atom is 0.234 e. The van der Waals surface area contributed by atoms with Gasteiger partial charge in [-0.25, -0.2) is 0 Å². The van der Waals surface area contributed by atoms with Crippen LogP contribution in [0.3, 0.4) is 0 Å². The quantitative estimate of drug-likeness (QED) is 0.919. The molecule has 0 radical (unpaired) electrons. The van der Waals surface area contributed by atoms with Crippen LogP contribution in [0.1, 0.15) is 22.0 Å². The predicted octanol–water partition coefficient (Wildman–Crippen LogP) is 2.79. The van der Waals surface area contributed by atoms with Crippen molar-refractivity contribution in [1.29, 1.82) is 0 Å². The molecule has 0 aliphatic rings. The number of amides is 1. The first-order valence-electron chi connectivity index (χ1n) is 5.66. The fourth-order valence-corrected chi connectivity index (χ4v) is 3.59. The van der Waals surface area contributed by atoms with E-state index in [0.717, 1.165) is 33.4 Å². The molecule has 2 rings (SSSR count). The first-order chi connectivity index (χ1) is 9.08. The molecule has 8 heteroatoms. The smallest absolute Gasteiger partial charge is 0.234 e. The minimum atomic E-state index is -0.00255. The van der Waals surface area contributed by atoms with Gasteiger partial charge >= 0.3 is 0 Å². The number of hydrogen-bond donors (Lipinski definition) is 1. The van der Waals surface area contributed by atoms with E-state index in [4.69, 9.17) is 0 Å². The Morgan fingerprint density at radius 1 is 1.21 bits per heavy atom. The molecule has 0 spiro atoms. The number of aryl methyl sites for hydroxylation is 3.